The van der Waals surface area contributed by atoms with Crippen LogP contribution in [0.3, 0.4) is 0 Å². The average Bonchev–Trinajstić information content (AvgIpc) is 2.72. The Hall–Kier alpha value is -3.23. The predicted molar refractivity (Wildman–Crippen MR) is 106 cm³/mol. The number of halogens is 3. The minimum atomic E-state index is -4.61. The third-order valence-electron chi connectivity index (χ3n) is 4.78. The van der Waals surface area contributed by atoms with E-state index in [4.69, 9.17) is 14.7 Å². The fourth-order valence-electron chi connectivity index (χ4n) is 3.35. The second kappa shape index (κ2) is 9.50. The van der Waals surface area contributed by atoms with Crippen molar-refractivity contribution in [1.29, 1.82) is 5.26 Å². The number of aliphatic carboxylic acids is 1. The lowest BCUT2D eigenvalue weighted by Crippen LogP contribution is -2.24. The molecule has 2 heterocycles. The van der Waals surface area contributed by atoms with Crippen LogP contribution in [0.1, 0.15) is 59.4 Å². The number of carboxylic acids is 1. The van der Waals surface area contributed by atoms with Crippen LogP contribution in [0.25, 0.3) is 0 Å². The van der Waals surface area contributed by atoms with Gasteiger partial charge in [-0.25, -0.2) is 9.97 Å². The van der Waals surface area contributed by atoms with Crippen LogP contribution in [0.4, 0.5) is 19.0 Å². The lowest BCUT2D eigenvalue weighted by molar-refractivity contribution is -0.183. The van der Waals surface area contributed by atoms with Gasteiger partial charge in [-0.3, -0.25) is 4.79 Å². The number of ether oxygens (including phenoxy) is 2. The molecule has 2 N–H and O–H groups in total. The Bertz CT molecular complexity index is 1050. The number of carbonyl (C=O) groups is 1. The highest BCUT2D eigenvalue weighted by Crippen LogP contribution is 2.35. The smallest absolute Gasteiger partial charge is 0.416 e. The molecule has 1 aromatic heterocycles. The summed E-state index contributed by atoms with van der Waals surface area (Å²) in [5, 5.41) is 21.5. The molecule has 0 saturated carbocycles. The Morgan fingerprint density at radius 3 is 2.59 bits per heavy atom. The van der Waals surface area contributed by atoms with Gasteiger partial charge in [0.15, 0.2) is 6.29 Å². The first-order chi connectivity index (χ1) is 15.1. The number of alkyl halides is 3. The quantitative estimate of drug-likeness (QED) is 0.680. The topological polar surface area (TPSA) is 117 Å². The van der Waals surface area contributed by atoms with E-state index < -0.39 is 36.5 Å². The minimum absolute atomic E-state index is 0.131. The van der Waals surface area contributed by atoms with Crippen LogP contribution < -0.4 is 5.32 Å². The van der Waals surface area contributed by atoms with Crippen LogP contribution in [-0.2, 0) is 26.9 Å². The Labute approximate surface area is 182 Å². The number of carboxylic acid groups (broad SMARTS) is 1. The maximum atomic E-state index is 13.3. The van der Waals surface area contributed by atoms with Crippen molar-refractivity contribution < 1.29 is 32.5 Å². The molecule has 1 aliphatic rings. The molecular weight excluding hydrogens is 429 g/mol. The molecule has 1 saturated heterocycles. The summed E-state index contributed by atoms with van der Waals surface area (Å²) in [5.74, 6) is -0.642. The van der Waals surface area contributed by atoms with Gasteiger partial charge in [0.25, 0.3) is 0 Å². The van der Waals surface area contributed by atoms with Crippen molar-refractivity contribution in [3.63, 3.8) is 0 Å². The number of nitriles is 1. The summed E-state index contributed by atoms with van der Waals surface area (Å²) < 4.78 is 51.1. The van der Waals surface area contributed by atoms with Gasteiger partial charge in [-0.1, -0.05) is 0 Å². The largest absolute Gasteiger partial charge is 0.481 e. The van der Waals surface area contributed by atoms with E-state index in [-0.39, 0.29) is 34.0 Å². The van der Waals surface area contributed by atoms with Gasteiger partial charge in [-0.2, -0.15) is 18.4 Å². The van der Waals surface area contributed by atoms with Crippen molar-refractivity contribution in [3.05, 3.63) is 52.0 Å². The predicted octanol–water partition coefficient (Wildman–Crippen LogP) is 3.91. The number of hydrogen-bond donors (Lipinski definition) is 2. The number of aryl methyl sites for hydroxylation is 1. The fraction of sp³-hybridized carbons (Fsp3) is 0.429. The number of hydrogen-bond acceptors (Lipinski definition) is 7. The summed E-state index contributed by atoms with van der Waals surface area (Å²) in [5.41, 5.74) is -0.382. The van der Waals surface area contributed by atoms with E-state index in [9.17, 15) is 23.1 Å². The molecule has 0 bridgehead atoms. The molecule has 3 rings (SSSR count). The van der Waals surface area contributed by atoms with Crippen LogP contribution in [0.15, 0.2) is 18.2 Å². The Kier molecular flexibility index (Phi) is 6.96. The first-order valence-electron chi connectivity index (χ1n) is 9.79. The molecule has 32 heavy (non-hydrogen) atoms. The van der Waals surface area contributed by atoms with Crippen LogP contribution in [0, 0.1) is 18.3 Å². The standard InChI is InChI=1S/C21H21F3N4O4/c1-11(14-6-13(10-25)7-15(8-14)21(22,23)24)26-19-18(20-31-4-3-5-32-20)16(9-17(29)30)27-12(2)28-19/h6-8,11,20H,3-5,9H2,1-2H3,(H,29,30)(H,26,27,28). The third-order valence-corrected chi connectivity index (χ3v) is 4.78. The highest BCUT2D eigenvalue weighted by Gasteiger charge is 2.32. The minimum Gasteiger partial charge on any atom is -0.481 e. The van der Waals surface area contributed by atoms with E-state index in [1.54, 1.807) is 19.9 Å². The lowest BCUT2D eigenvalue weighted by atomic mass is 10.0. The van der Waals surface area contributed by atoms with Crippen molar-refractivity contribution in [1.82, 2.24) is 9.97 Å². The van der Waals surface area contributed by atoms with Crippen LogP contribution in [0.5, 0.6) is 0 Å². The number of anilines is 1. The summed E-state index contributed by atoms with van der Waals surface area (Å²) >= 11 is 0. The Morgan fingerprint density at radius 2 is 2.00 bits per heavy atom. The van der Waals surface area contributed by atoms with Crippen molar-refractivity contribution in [3.8, 4) is 6.07 Å². The summed E-state index contributed by atoms with van der Waals surface area (Å²) in [6.07, 6.45) is -5.27. The number of nitrogens with zero attached hydrogens (tertiary/aromatic N) is 3. The SMILES string of the molecule is Cc1nc(CC(=O)O)c(C2OCCCO2)c(NC(C)c2cc(C#N)cc(C(F)(F)F)c2)n1. The molecule has 1 aliphatic heterocycles. The first kappa shape index (κ1) is 23.4. The fourth-order valence-corrected chi connectivity index (χ4v) is 3.35. The second-order valence-electron chi connectivity index (χ2n) is 7.30. The monoisotopic (exact) mass is 450 g/mol. The summed E-state index contributed by atoms with van der Waals surface area (Å²) in [6, 6.07) is 4.13. The molecule has 170 valence electrons. The van der Waals surface area contributed by atoms with Crippen molar-refractivity contribution >= 4 is 11.8 Å². The number of rotatable bonds is 6. The lowest BCUT2D eigenvalue weighted by Gasteiger charge is -2.28. The van der Waals surface area contributed by atoms with Gasteiger partial charge in [0.05, 0.1) is 54.1 Å². The summed E-state index contributed by atoms with van der Waals surface area (Å²) in [7, 11) is 0. The van der Waals surface area contributed by atoms with E-state index in [1.807, 2.05) is 0 Å². The molecule has 11 heteroatoms. The van der Waals surface area contributed by atoms with Crippen molar-refractivity contribution in [2.75, 3.05) is 18.5 Å². The molecule has 0 aliphatic carbocycles. The molecule has 0 amide bonds. The zero-order valence-electron chi connectivity index (χ0n) is 17.4. The van der Waals surface area contributed by atoms with Crippen LogP contribution in [-0.4, -0.2) is 34.3 Å². The van der Waals surface area contributed by atoms with Gasteiger partial charge < -0.3 is 19.9 Å². The summed E-state index contributed by atoms with van der Waals surface area (Å²) in [6.45, 7) is 3.96. The molecule has 1 fully saturated rings. The normalized spacial score (nSPS) is 15.8. The number of nitrogens with one attached hydrogen (secondary N) is 1. The van der Waals surface area contributed by atoms with Crippen molar-refractivity contribution in [2.24, 2.45) is 0 Å². The Morgan fingerprint density at radius 1 is 1.31 bits per heavy atom. The first-order valence-corrected chi connectivity index (χ1v) is 9.79. The average molecular weight is 450 g/mol. The van der Waals surface area contributed by atoms with E-state index in [1.165, 1.54) is 6.07 Å². The highest BCUT2D eigenvalue weighted by molar-refractivity contribution is 5.71. The van der Waals surface area contributed by atoms with Crippen molar-refractivity contribution in [2.45, 2.75) is 45.2 Å². The number of aromatic nitrogens is 2. The molecule has 8 nitrogen and oxygen atoms in total. The maximum absolute atomic E-state index is 13.3. The highest BCUT2D eigenvalue weighted by atomic mass is 19.4. The van der Waals surface area contributed by atoms with E-state index in [2.05, 4.69) is 15.3 Å². The molecule has 0 radical (unpaired) electrons. The molecule has 0 spiro atoms. The van der Waals surface area contributed by atoms with Gasteiger partial charge in [-0.05, 0) is 44.0 Å². The van der Waals surface area contributed by atoms with Gasteiger partial charge in [0.1, 0.15) is 11.6 Å². The molecule has 1 aromatic carbocycles. The van der Waals surface area contributed by atoms with E-state index >= 15 is 0 Å². The van der Waals surface area contributed by atoms with Crippen LogP contribution in [0.2, 0.25) is 0 Å². The van der Waals surface area contributed by atoms with Gasteiger partial charge >= 0.3 is 12.1 Å². The van der Waals surface area contributed by atoms with E-state index in [0.717, 1.165) is 12.1 Å². The molecular formula is C21H21F3N4O4. The Balaban J connectivity index is 2.03. The summed E-state index contributed by atoms with van der Waals surface area (Å²) in [4.78, 5) is 19.9. The molecule has 2 aromatic rings. The maximum Gasteiger partial charge on any atom is 0.416 e. The van der Waals surface area contributed by atoms with Gasteiger partial charge in [0, 0.05) is 0 Å². The molecule has 1 unspecified atom stereocenters. The zero-order chi connectivity index (χ0) is 23.5. The zero-order valence-corrected chi connectivity index (χ0v) is 17.4. The van der Waals surface area contributed by atoms with Crippen LogP contribution >= 0.6 is 0 Å². The second-order valence-corrected chi connectivity index (χ2v) is 7.30. The third kappa shape index (κ3) is 5.52. The van der Waals surface area contributed by atoms with E-state index in [0.29, 0.717) is 19.6 Å². The number of benzene rings is 1. The molecule has 1 atom stereocenters. The van der Waals surface area contributed by atoms with Gasteiger partial charge in [-0.15, -0.1) is 0 Å². The van der Waals surface area contributed by atoms with Gasteiger partial charge in [0.2, 0.25) is 0 Å².